The molecule has 1 aliphatic rings. The van der Waals surface area contributed by atoms with Crippen molar-refractivity contribution in [3.05, 3.63) is 12.4 Å². The average molecular weight is 250 g/mol. The van der Waals surface area contributed by atoms with Crippen LogP contribution in [0.15, 0.2) is 12.4 Å². The Balaban J connectivity index is 2.04. The van der Waals surface area contributed by atoms with Gasteiger partial charge in [0.2, 0.25) is 0 Å². The van der Waals surface area contributed by atoms with Crippen LogP contribution in [0, 0.1) is 0 Å². The van der Waals surface area contributed by atoms with Crippen molar-refractivity contribution in [2.45, 2.75) is 38.6 Å². The third kappa shape index (κ3) is 3.32. The summed E-state index contributed by atoms with van der Waals surface area (Å²) in [5.74, 6) is 1.78. The summed E-state index contributed by atoms with van der Waals surface area (Å²) in [7, 11) is 0. The van der Waals surface area contributed by atoms with Crippen LogP contribution in [0.3, 0.4) is 0 Å². The molecule has 1 fully saturated rings. The lowest BCUT2D eigenvalue weighted by Crippen LogP contribution is -2.30. The molecule has 2 N–H and O–H groups in total. The second-order valence-corrected chi connectivity index (χ2v) is 4.74. The number of nitrogens with one attached hydrogen (secondary N) is 1. The molecular weight excluding hydrogens is 228 g/mol. The van der Waals surface area contributed by atoms with Crippen LogP contribution >= 0.6 is 0 Å². The minimum atomic E-state index is 0.0640. The molecule has 100 valence electrons. The van der Waals surface area contributed by atoms with Gasteiger partial charge in [-0.25, -0.2) is 9.97 Å². The Morgan fingerprint density at radius 3 is 2.78 bits per heavy atom. The van der Waals surface area contributed by atoms with Crippen molar-refractivity contribution in [2.75, 3.05) is 29.9 Å². The van der Waals surface area contributed by atoms with Crippen molar-refractivity contribution in [1.29, 1.82) is 0 Å². The molecule has 1 atom stereocenters. The van der Waals surface area contributed by atoms with E-state index in [0.29, 0.717) is 0 Å². The minimum absolute atomic E-state index is 0.0640. The first-order valence-corrected chi connectivity index (χ1v) is 6.78. The van der Waals surface area contributed by atoms with E-state index < -0.39 is 0 Å². The van der Waals surface area contributed by atoms with E-state index in [0.717, 1.165) is 31.1 Å². The van der Waals surface area contributed by atoms with Crippen molar-refractivity contribution >= 4 is 11.6 Å². The van der Waals surface area contributed by atoms with E-state index in [9.17, 15) is 5.11 Å². The smallest absolute Gasteiger partial charge is 0.134 e. The number of aliphatic hydroxyl groups is 1. The summed E-state index contributed by atoms with van der Waals surface area (Å²) < 4.78 is 0. The first-order chi connectivity index (χ1) is 8.83. The summed E-state index contributed by atoms with van der Waals surface area (Å²) in [5, 5.41) is 12.4. The van der Waals surface area contributed by atoms with Crippen LogP contribution in [0.1, 0.15) is 32.6 Å². The van der Waals surface area contributed by atoms with Gasteiger partial charge in [-0.3, -0.25) is 0 Å². The second-order valence-electron chi connectivity index (χ2n) is 4.74. The summed E-state index contributed by atoms with van der Waals surface area (Å²) in [6.07, 6.45) is 6.26. The van der Waals surface area contributed by atoms with E-state index in [1.807, 2.05) is 13.0 Å². The molecule has 1 saturated heterocycles. The summed E-state index contributed by atoms with van der Waals surface area (Å²) >= 11 is 0. The van der Waals surface area contributed by atoms with Gasteiger partial charge >= 0.3 is 0 Å². The number of aromatic nitrogens is 2. The summed E-state index contributed by atoms with van der Waals surface area (Å²) in [5.41, 5.74) is 0. The Labute approximate surface area is 108 Å². The van der Waals surface area contributed by atoms with Crippen LogP contribution in [-0.2, 0) is 0 Å². The number of anilines is 2. The average Bonchev–Trinajstić information content (AvgIpc) is 2.46. The van der Waals surface area contributed by atoms with Gasteiger partial charge < -0.3 is 15.3 Å². The number of hydrogen-bond donors (Lipinski definition) is 2. The summed E-state index contributed by atoms with van der Waals surface area (Å²) in [4.78, 5) is 10.8. The molecule has 0 aromatic carbocycles. The largest absolute Gasteiger partial charge is 0.394 e. The van der Waals surface area contributed by atoms with Gasteiger partial charge in [-0.1, -0.05) is 6.92 Å². The molecule has 1 aromatic rings. The lowest BCUT2D eigenvalue weighted by atomic mass is 10.1. The first-order valence-electron chi connectivity index (χ1n) is 6.78. The van der Waals surface area contributed by atoms with Crippen LogP contribution < -0.4 is 10.2 Å². The Bertz CT molecular complexity index is 362. The second kappa shape index (κ2) is 6.54. The Morgan fingerprint density at radius 1 is 1.33 bits per heavy atom. The van der Waals surface area contributed by atoms with E-state index in [2.05, 4.69) is 20.2 Å². The molecular formula is C13H22N4O. The predicted octanol–water partition coefficient (Wildman–Crippen LogP) is 1.65. The lowest BCUT2D eigenvalue weighted by molar-refractivity contribution is 0.271. The van der Waals surface area contributed by atoms with Crippen LogP contribution in [0.2, 0.25) is 0 Å². The highest BCUT2D eigenvalue weighted by molar-refractivity contribution is 5.49. The number of aliphatic hydroxyl groups excluding tert-OH is 1. The van der Waals surface area contributed by atoms with Gasteiger partial charge in [0.05, 0.1) is 12.6 Å². The van der Waals surface area contributed by atoms with E-state index in [-0.39, 0.29) is 12.6 Å². The molecule has 5 nitrogen and oxygen atoms in total. The topological polar surface area (TPSA) is 61.3 Å². The number of nitrogens with zero attached hydrogens (tertiary/aromatic N) is 3. The maximum absolute atomic E-state index is 9.19. The molecule has 0 aliphatic carbocycles. The zero-order valence-corrected chi connectivity index (χ0v) is 11.0. The maximum atomic E-state index is 9.19. The fraction of sp³-hybridized carbons (Fsp3) is 0.692. The molecule has 0 radical (unpaired) electrons. The van der Waals surface area contributed by atoms with Gasteiger partial charge in [0.1, 0.15) is 18.0 Å². The number of rotatable bonds is 5. The fourth-order valence-corrected chi connectivity index (χ4v) is 2.21. The highest BCUT2D eigenvalue weighted by Crippen LogP contribution is 2.19. The van der Waals surface area contributed by atoms with Gasteiger partial charge in [-0.15, -0.1) is 0 Å². The highest BCUT2D eigenvalue weighted by Gasteiger charge is 2.13. The van der Waals surface area contributed by atoms with Crippen LogP contribution in [0.5, 0.6) is 0 Å². The van der Waals surface area contributed by atoms with Crippen molar-refractivity contribution in [1.82, 2.24) is 9.97 Å². The van der Waals surface area contributed by atoms with Gasteiger partial charge in [0.15, 0.2) is 0 Å². The molecule has 0 unspecified atom stereocenters. The SMILES string of the molecule is CC[C@@H](CO)Nc1cc(N2CCCCC2)ncn1. The predicted molar refractivity (Wildman–Crippen MR) is 72.9 cm³/mol. The van der Waals surface area contributed by atoms with Crippen molar-refractivity contribution in [2.24, 2.45) is 0 Å². The summed E-state index contributed by atoms with van der Waals surface area (Å²) in [6.45, 7) is 4.32. The Kier molecular flexibility index (Phi) is 4.75. The molecule has 1 aromatic heterocycles. The zero-order chi connectivity index (χ0) is 12.8. The summed E-state index contributed by atoms with van der Waals surface area (Å²) in [6, 6.07) is 2.04. The monoisotopic (exact) mass is 250 g/mol. The van der Waals surface area contributed by atoms with Crippen LogP contribution in [0.4, 0.5) is 11.6 Å². The molecule has 2 heterocycles. The van der Waals surface area contributed by atoms with Crippen LogP contribution in [0.25, 0.3) is 0 Å². The van der Waals surface area contributed by atoms with E-state index in [1.165, 1.54) is 19.3 Å². The quantitative estimate of drug-likeness (QED) is 0.832. The third-order valence-corrected chi connectivity index (χ3v) is 3.40. The third-order valence-electron chi connectivity index (χ3n) is 3.40. The van der Waals surface area contributed by atoms with E-state index >= 15 is 0 Å². The standard InChI is InChI=1S/C13H22N4O/c1-2-11(9-18)16-12-8-13(15-10-14-12)17-6-4-3-5-7-17/h8,10-11,18H,2-7,9H2,1H3,(H,14,15,16)/t11-/m0/s1. The fourth-order valence-electron chi connectivity index (χ4n) is 2.21. The van der Waals surface area contributed by atoms with Crippen LogP contribution in [-0.4, -0.2) is 40.8 Å². The first kappa shape index (κ1) is 13.1. The minimum Gasteiger partial charge on any atom is -0.394 e. The van der Waals surface area contributed by atoms with E-state index in [4.69, 9.17) is 0 Å². The maximum Gasteiger partial charge on any atom is 0.134 e. The Morgan fingerprint density at radius 2 is 2.11 bits per heavy atom. The molecule has 2 rings (SSSR count). The molecule has 0 spiro atoms. The van der Waals surface area contributed by atoms with E-state index in [1.54, 1.807) is 6.33 Å². The lowest BCUT2D eigenvalue weighted by Gasteiger charge is -2.28. The van der Waals surface area contributed by atoms with Gasteiger partial charge in [0.25, 0.3) is 0 Å². The molecule has 0 amide bonds. The molecule has 0 saturated carbocycles. The molecule has 18 heavy (non-hydrogen) atoms. The number of hydrogen-bond acceptors (Lipinski definition) is 5. The van der Waals surface area contributed by atoms with Gasteiger partial charge in [-0.2, -0.15) is 0 Å². The van der Waals surface area contributed by atoms with Crippen molar-refractivity contribution in [3.63, 3.8) is 0 Å². The molecule has 0 bridgehead atoms. The van der Waals surface area contributed by atoms with Crippen molar-refractivity contribution in [3.8, 4) is 0 Å². The normalized spacial score (nSPS) is 17.6. The molecule has 1 aliphatic heterocycles. The Hall–Kier alpha value is -1.36. The van der Waals surface area contributed by atoms with Gasteiger partial charge in [0, 0.05) is 19.2 Å². The van der Waals surface area contributed by atoms with Gasteiger partial charge in [-0.05, 0) is 25.7 Å². The van der Waals surface area contributed by atoms with Crippen molar-refractivity contribution < 1.29 is 5.11 Å². The zero-order valence-electron chi connectivity index (χ0n) is 11.0. The molecule has 5 heteroatoms. The number of piperidine rings is 1. The highest BCUT2D eigenvalue weighted by atomic mass is 16.3.